The molecule has 3 nitrogen and oxygen atoms in total. The first-order valence-electron chi connectivity index (χ1n) is 7.80. The van der Waals surface area contributed by atoms with E-state index in [2.05, 4.69) is 4.98 Å². The van der Waals surface area contributed by atoms with Gasteiger partial charge in [0, 0.05) is 50.7 Å². The Morgan fingerprint density at radius 3 is 2.60 bits per heavy atom. The molecule has 1 heterocycles. The fraction of sp³-hybridized carbons (Fsp3) is 0.211. The zero-order valence-electron chi connectivity index (χ0n) is 14.1. The first kappa shape index (κ1) is 17.5. The van der Waals surface area contributed by atoms with E-state index in [-0.39, 0.29) is 23.3 Å². The number of ether oxygens (including phenoxy) is 1. The van der Waals surface area contributed by atoms with Crippen molar-refractivity contribution in [3.05, 3.63) is 59.3 Å². The number of aromatic nitrogens is 1. The standard InChI is InChI=1S/C19H17F2NO2S/c1-4-13-15(20)10-18(11(2)19(13)21)24-17-7-8-22-16-6-5-12(25(3)23)9-14(16)17/h5-10H,4H2,1-3H3. The number of nitrogens with zero attached hydrogens (tertiary/aromatic N) is 1. The number of fused-ring (bicyclic) bond motifs is 1. The summed E-state index contributed by atoms with van der Waals surface area (Å²) in [7, 11) is -1.16. The van der Waals surface area contributed by atoms with Crippen molar-refractivity contribution in [3.8, 4) is 11.5 Å². The van der Waals surface area contributed by atoms with E-state index in [0.29, 0.717) is 21.5 Å². The molecule has 0 saturated carbocycles. The minimum Gasteiger partial charge on any atom is -0.456 e. The van der Waals surface area contributed by atoms with Crippen LogP contribution in [0.5, 0.6) is 11.5 Å². The third kappa shape index (κ3) is 3.26. The highest BCUT2D eigenvalue weighted by atomic mass is 32.2. The first-order chi connectivity index (χ1) is 11.9. The van der Waals surface area contributed by atoms with Crippen molar-refractivity contribution in [3.63, 3.8) is 0 Å². The maximum absolute atomic E-state index is 14.3. The first-order valence-corrected chi connectivity index (χ1v) is 9.35. The highest BCUT2D eigenvalue weighted by Gasteiger charge is 2.17. The van der Waals surface area contributed by atoms with Gasteiger partial charge >= 0.3 is 0 Å². The lowest BCUT2D eigenvalue weighted by molar-refractivity contribution is 0.462. The lowest BCUT2D eigenvalue weighted by Crippen LogP contribution is -2.00. The van der Waals surface area contributed by atoms with Crippen molar-refractivity contribution >= 4 is 21.7 Å². The molecule has 0 aliphatic rings. The van der Waals surface area contributed by atoms with Gasteiger partial charge < -0.3 is 4.74 Å². The van der Waals surface area contributed by atoms with Crippen molar-refractivity contribution in [1.82, 2.24) is 4.98 Å². The van der Waals surface area contributed by atoms with Crippen LogP contribution in [0.4, 0.5) is 8.78 Å². The fourth-order valence-corrected chi connectivity index (χ4v) is 3.21. The van der Waals surface area contributed by atoms with E-state index in [1.54, 1.807) is 50.6 Å². The van der Waals surface area contributed by atoms with Crippen LogP contribution in [0.2, 0.25) is 0 Å². The fourth-order valence-electron chi connectivity index (χ4n) is 2.67. The average molecular weight is 361 g/mol. The van der Waals surface area contributed by atoms with E-state index >= 15 is 0 Å². The predicted octanol–water partition coefficient (Wildman–Crippen LogP) is 4.91. The van der Waals surface area contributed by atoms with Crippen LogP contribution < -0.4 is 4.74 Å². The van der Waals surface area contributed by atoms with Crippen LogP contribution in [0.3, 0.4) is 0 Å². The van der Waals surface area contributed by atoms with Gasteiger partial charge in [0.2, 0.25) is 0 Å². The van der Waals surface area contributed by atoms with E-state index in [4.69, 9.17) is 4.74 Å². The molecule has 0 amide bonds. The normalized spacial score (nSPS) is 12.4. The van der Waals surface area contributed by atoms with E-state index in [0.717, 1.165) is 0 Å². The minimum absolute atomic E-state index is 0.0492. The van der Waals surface area contributed by atoms with Gasteiger partial charge in [-0.15, -0.1) is 0 Å². The molecule has 3 rings (SSSR count). The van der Waals surface area contributed by atoms with Gasteiger partial charge in [0.15, 0.2) is 0 Å². The highest BCUT2D eigenvalue weighted by molar-refractivity contribution is 7.84. The molecule has 3 aromatic rings. The summed E-state index contributed by atoms with van der Waals surface area (Å²) in [5, 5.41) is 0.634. The van der Waals surface area contributed by atoms with Gasteiger partial charge in [0.25, 0.3) is 0 Å². The third-order valence-corrected chi connectivity index (χ3v) is 5.01. The van der Waals surface area contributed by atoms with Gasteiger partial charge in [-0.25, -0.2) is 8.78 Å². The summed E-state index contributed by atoms with van der Waals surface area (Å²) >= 11 is 0. The second kappa shape index (κ2) is 6.88. The van der Waals surface area contributed by atoms with Crippen LogP contribution in [-0.4, -0.2) is 15.4 Å². The Labute approximate surface area is 147 Å². The van der Waals surface area contributed by atoms with E-state index < -0.39 is 22.4 Å². The molecular formula is C19H17F2NO2S. The van der Waals surface area contributed by atoms with Crippen LogP contribution >= 0.6 is 0 Å². The maximum Gasteiger partial charge on any atom is 0.138 e. The molecular weight excluding hydrogens is 344 g/mol. The van der Waals surface area contributed by atoms with Crippen molar-refractivity contribution < 1.29 is 17.7 Å². The topological polar surface area (TPSA) is 39.2 Å². The van der Waals surface area contributed by atoms with Crippen LogP contribution in [0.1, 0.15) is 18.1 Å². The number of hydrogen-bond acceptors (Lipinski definition) is 3. The summed E-state index contributed by atoms with van der Waals surface area (Å²) in [6.07, 6.45) is 3.40. The van der Waals surface area contributed by atoms with Gasteiger partial charge in [0.05, 0.1) is 5.52 Å². The SMILES string of the molecule is CCc1c(F)cc(Oc2ccnc3ccc(S(C)=O)cc23)c(C)c1F. The van der Waals surface area contributed by atoms with Crippen molar-refractivity contribution in [2.45, 2.75) is 25.2 Å². The molecule has 0 aliphatic heterocycles. The second-order valence-electron chi connectivity index (χ2n) is 5.67. The number of hydrogen-bond donors (Lipinski definition) is 0. The van der Waals surface area contributed by atoms with Crippen LogP contribution in [-0.2, 0) is 17.2 Å². The number of pyridine rings is 1. The Bertz CT molecular complexity index is 989. The van der Waals surface area contributed by atoms with Gasteiger partial charge in [-0.2, -0.15) is 0 Å². The highest BCUT2D eigenvalue weighted by Crippen LogP contribution is 2.34. The summed E-state index contributed by atoms with van der Waals surface area (Å²) in [6, 6.07) is 8.01. The van der Waals surface area contributed by atoms with Gasteiger partial charge in [-0.05, 0) is 37.6 Å². The molecule has 130 valence electrons. The number of halogens is 2. The summed E-state index contributed by atoms with van der Waals surface area (Å²) in [4.78, 5) is 4.87. The van der Waals surface area contributed by atoms with Crippen molar-refractivity contribution in [2.75, 3.05) is 6.26 Å². The predicted molar refractivity (Wildman–Crippen MR) is 94.6 cm³/mol. The summed E-state index contributed by atoms with van der Waals surface area (Å²) in [6.45, 7) is 3.25. The van der Waals surface area contributed by atoms with Crippen LogP contribution in [0.25, 0.3) is 10.9 Å². The maximum atomic E-state index is 14.3. The lowest BCUT2D eigenvalue weighted by Gasteiger charge is -2.14. The van der Waals surface area contributed by atoms with Gasteiger partial charge in [-0.1, -0.05) is 6.92 Å². The zero-order valence-corrected chi connectivity index (χ0v) is 14.9. The summed E-state index contributed by atoms with van der Waals surface area (Å²) < 4.78 is 46.0. The molecule has 0 aliphatic carbocycles. The Balaban J connectivity index is 2.12. The van der Waals surface area contributed by atoms with Crippen LogP contribution in [0, 0.1) is 18.6 Å². The molecule has 2 aromatic carbocycles. The molecule has 1 atom stereocenters. The Morgan fingerprint density at radius 2 is 1.92 bits per heavy atom. The lowest BCUT2D eigenvalue weighted by atomic mass is 10.1. The van der Waals surface area contributed by atoms with Crippen LogP contribution in [0.15, 0.2) is 41.4 Å². The van der Waals surface area contributed by atoms with E-state index in [9.17, 15) is 13.0 Å². The quantitative estimate of drug-likeness (QED) is 0.662. The Morgan fingerprint density at radius 1 is 1.16 bits per heavy atom. The number of rotatable bonds is 4. The Hall–Kier alpha value is -2.34. The molecule has 0 N–H and O–H groups in total. The molecule has 0 spiro atoms. The second-order valence-corrected chi connectivity index (χ2v) is 7.05. The molecule has 6 heteroatoms. The summed E-state index contributed by atoms with van der Waals surface area (Å²) in [5.74, 6) is -0.702. The van der Waals surface area contributed by atoms with Crippen molar-refractivity contribution in [2.24, 2.45) is 0 Å². The van der Waals surface area contributed by atoms with E-state index in [1.807, 2.05) is 0 Å². The molecule has 0 radical (unpaired) electrons. The minimum atomic E-state index is -1.16. The number of benzene rings is 2. The molecule has 25 heavy (non-hydrogen) atoms. The van der Waals surface area contributed by atoms with Gasteiger partial charge in [-0.3, -0.25) is 9.19 Å². The third-order valence-electron chi connectivity index (χ3n) is 4.09. The average Bonchev–Trinajstić information content (AvgIpc) is 2.59. The largest absolute Gasteiger partial charge is 0.456 e. The summed E-state index contributed by atoms with van der Waals surface area (Å²) in [5.41, 5.74) is 0.946. The van der Waals surface area contributed by atoms with Gasteiger partial charge in [0.1, 0.15) is 23.1 Å². The Kier molecular flexibility index (Phi) is 4.81. The smallest absolute Gasteiger partial charge is 0.138 e. The van der Waals surface area contributed by atoms with Crippen molar-refractivity contribution in [1.29, 1.82) is 0 Å². The molecule has 0 saturated heterocycles. The molecule has 1 aromatic heterocycles. The monoisotopic (exact) mass is 361 g/mol. The zero-order chi connectivity index (χ0) is 18.1. The molecule has 1 unspecified atom stereocenters. The molecule has 0 bridgehead atoms. The van der Waals surface area contributed by atoms with E-state index in [1.165, 1.54) is 6.07 Å². The molecule has 0 fully saturated rings.